The van der Waals surface area contributed by atoms with E-state index in [4.69, 9.17) is 16.3 Å². The van der Waals surface area contributed by atoms with Gasteiger partial charge in [0.15, 0.2) is 0 Å². The topological polar surface area (TPSA) is 58.6 Å². The van der Waals surface area contributed by atoms with Gasteiger partial charge in [-0.1, -0.05) is 11.6 Å². The summed E-state index contributed by atoms with van der Waals surface area (Å²) in [4.78, 5) is 24.9. The maximum atomic E-state index is 12.0. The van der Waals surface area contributed by atoms with Crippen LogP contribution in [0.3, 0.4) is 0 Å². The molecule has 0 aromatic heterocycles. The quantitative estimate of drug-likeness (QED) is 0.894. The summed E-state index contributed by atoms with van der Waals surface area (Å²) in [5.74, 6) is 0.240. The maximum Gasteiger partial charge on any atom is 0.246 e. The molecule has 1 aliphatic heterocycles. The average Bonchev–Trinajstić information content (AvgIpc) is 2.55. The second-order valence-corrected chi connectivity index (χ2v) is 4.75. The zero-order valence-electron chi connectivity index (χ0n) is 10.8. The maximum absolute atomic E-state index is 12.0. The summed E-state index contributed by atoms with van der Waals surface area (Å²) in [5.41, 5.74) is 1.50. The highest BCUT2D eigenvalue weighted by atomic mass is 35.5. The second-order valence-electron chi connectivity index (χ2n) is 4.35. The summed E-state index contributed by atoms with van der Waals surface area (Å²) in [6.07, 6.45) is 0.274. The Balaban J connectivity index is 2.41. The first-order valence-electron chi connectivity index (χ1n) is 5.94. The van der Waals surface area contributed by atoms with Gasteiger partial charge in [0.05, 0.1) is 19.3 Å². The molecule has 0 aliphatic carbocycles. The van der Waals surface area contributed by atoms with Crippen LogP contribution < -0.4 is 15.0 Å². The number of hydrogen-bond donors (Lipinski definition) is 1. The van der Waals surface area contributed by atoms with Crippen molar-refractivity contribution >= 4 is 29.1 Å². The van der Waals surface area contributed by atoms with Crippen LogP contribution in [0.1, 0.15) is 12.0 Å². The van der Waals surface area contributed by atoms with E-state index in [0.717, 1.165) is 5.56 Å². The van der Waals surface area contributed by atoms with E-state index >= 15 is 0 Å². The predicted octanol–water partition coefficient (Wildman–Crippen LogP) is 1.51. The van der Waals surface area contributed by atoms with Crippen molar-refractivity contribution in [2.75, 3.05) is 25.1 Å². The van der Waals surface area contributed by atoms with Crippen LogP contribution in [0.25, 0.3) is 0 Å². The Bertz CT molecular complexity index is 531. The van der Waals surface area contributed by atoms with E-state index < -0.39 is 0 Å². The number of rotatable bonds is 2. The molecule has 0 spiro atoms. The predicted molar refractivity (Wildman–Crippen MR) is 72.7 cm³/mol. The number of nitrogens with zero attached hydrogens (tertiary/aromatic N) is 1. The van der Waals surface area contributed by atoms with Gasteiger partial charge < -0.3 is 15.0 Å². The van der Waals surface area contributed by atoms with Crippen molar-refractivity contribution in [2.45, 2.75) is 13.3 Å². The highest BCUT2D eigenvalue weighted by molar-refractivity contribution is 6.31. The third kappa shape index (κ3) is 2.81. The fourth-order valence-electron chi connectivity index (χ4n) is 1.97. The Kier molecular flexibility index (Phi) is 3.95. The lowest BCUT2D eigenvalue weighted by atomic mass is 10.1. The Hall–Kier alpha value is -1.75. The lowest BCUT2D eigenvalue weighted by molar-refractivity contribution is -0.123. The summed E-state index contributed by atoms with van der Waals surface area (Å²) < 4.78 is 5.27. The van der Waals surface area contributed by atoms with Crippen LogP contribution in [-0.4, -0.2) is 32.0 Å². The molecule has 1 heterocycles. The van der Waals surface area contributed by atoms with Crippen LogP contribution in [0.2, 0.25) is 5.02 Å². The number of nitrogens with one attached hydrogen (secondary N) is 1. The minimum Gasteiger partial charge on any atom is -0.495 e. The molecule has 1 aromatic carbocycles. The highest BCUT2D eigenvalue weighted by Crippen LogP contribution is 2.34. The zero-order chi connectivity index (χ0) is 14.0. The molecule has 0 unspecified atom stereocenters. The standard InChI is InChI=1S/C13H15ClN2O3/c1-8-5-10(11(19-2)6-9(8)14)16-4-3-12(17)15-7-13(16)18/h5-6H,3-4,7H2,1-2H3,(H,15,17). The SMILES string of the molecule is COc1cc(Cl)c(C)cc1N1CCC(=O)NCC1=O. The van der Waals surface area contributed by atoms with Gasteiger partial charge in [-0.25, -0.2) is 0 Å². The number of carbonyl (C=O) groups is 2. The van der Waals surface area contributed by atoms with Gasteiger partial charge >= 0.3 is 0 Å². The van der Waals surface area contributed by atoms with Crippen molar-refractivity contribution < 1.29 is 14.3 Å². The molecule has 1 N–H and O–H groups in total. The Labute approximate surface area is 116 Å². The van der Waals surface area contributed by atoms with E-state index in [1.54, 1.807) is 17.0 Å². The number of ether oxygens (including phenoxy) is 1. The lowest BCUT2D eigenvalue weighted by Crippen LogP contribution is -2.35. The first-order valence-corrected chi connectivity index (χ1v) is 6.32. The zero-order valence-corrected chi connectivity index (χ0v) is 11.6. The second kappa shape index (κ2) is 5.48. The number of amides is 2. The molecule has 1 fully saturated rings. The van der Waals surface area contributed by atoms with Crippen LogP contribution in [0, 0.1) is 6.92 Å². The van der Waals surface area contributed by atoms with Gasteiger partial charge in [-0.15, -0.1) is 0 Å². The molecule has 1 saturated heterocycles. The van der Waals surface area contributed by atoms with Crippen LogP contribution in [0.4, 0.5) is 5.69 Å². The molecule has 2 rings (SSSR count). The molecule has 1 aromatic rings. The normalized spacial score (nSPS) is 16.1. The summed E-state index contributed by atoms with van der Waals surface area (Å²) in [5, 5.41) is 3.14. The minimum absolute atomic E-state index is 0.00363. The molecule has 0 atom stereocenters. The summed E-state index contributed by atoms with van der Waals surface area (Å²) >= 11 is 6.05. The van der Waals surface area contributed by atoms with E-state index in [9.17, 15) is 9.59 Å². The molecule has 0 bridgehead atoms. The third-order valence-electron chi connectivity index (χ3n) is 3.05. The van der Waals surface area contributed by atoms with Gasteiger partial charge in [-0.05, 0) is 18.6 Å². The molecule has 6 heteroatoms. The molecule has 1 aliphatic rings. The number of anilines is 1. The Morgan fingerprint density at radius 3 is 2.79 bits per heavy atom. The molecule has 0 radical (unpaired) electrons. The number of carbonyl (C=O) groups excluding carboxylic acids is 2. The van der Waals surface area contributed by atoms with E-state index in [1.165, 1.54) is 7.11 Å². The van der Waals surface area contributed by atoms with E-state index in [-0.39, 0.29) is 24.8 Å². The van der Waals surface area contributed by atoms with Crippen LogP contribution in [0.5, 0.6) is 5.75 Å². The number of halogens is 1. The molecule has 2 amide bonds. The average molecular weight is 283 g/mol. The van der Waals surface area contributed by atoms with E-state index in [1.807, 2.05) is 6.92 Å². The van der Waals surface area contributed by atoms with Crippen molar-refractivity contribution in [3.63, 3.8) is 0 Å². The van der Waals surface area contributed by atoms with Crippen molar-refractivity contribution in [3.05, 3.63) is 22.7 Å². The monoisotopic (exact) mass is 282 g/mol. The van der Waals surface area contributed by atoms with Crippen LogP contribution in [-0.2, 0) is 9.59 Å². The summed E-state index contributed by atoms with van der Waals surface area (Å²) in [6.45, 7) is 2.20. The fourth-order valence-corrected chi connectivity index (χ4v) is 2.13. The molecular weight excluding hydrogens is 268 g/mol. The van der Waals surface area contributed by atoms with E-state index in [2.05, 4.69) is 5.32 Å². The van der Waals surface area contributed by atoms with Gasteiger partial charge in [0.2, 0.25) is 11.8 Å². The summed E-state index contributed by atoms with van der Waals surface area (Å²) in [7, 11) is 1.52. The van der Waals surface area contributed by atoms with Gasteiger partial charge in [-0.3, -0.25) is 9.59 Å². The van der Waals surface area contributed by atoms with Crippen molar-refractivity contribution in [1.29, 1.82) is 0 Å². The smallest absolute Gasteiger partial charge is 0.246 e. The lowest BCUT2D eigenvalue weighted by Gasteiger charge is -2.23. The number of benzene rings is 1. The first kappa shape index (κ1) is 13.7. The Morgan fingerprint density at radius 1 is 1.37 bits per heavy atom. The van der Waals surface area contributed by atoms with Gasteiger partial charge in [0.1, 0.15) is 5.75 Å². The van der Waals surface area contributed by atoms with Crippen molar-refractivity contribution in [2.24, 2.45) is 0 Å². The third-order valence-corrected chi connectivity index (χ3v) is 3.46. The van der Waals surface area contributed by atoms with Crippen molar-refractivity contribution in [1.82, 2.24) is 5.32 Å². The number of methoxy groups -OCH3 is 1. The van der Waals surface area contributed by atoms with Gasteiger partial charge in [-0.2, -0.15) is 0 Å². The highest BCUT2D eigenvalue weighted by Gasteiger charge is 2.24. The van der Waals surface area contributed by atoms with Gasteiger partial charge in [0.25, 0.3) is 0 Å². The number of hydrogen-bond acceptors (Lipinski definition) is 3. The van der Waals surface area contributed by atoms with E-state index in [0.29, 0.717) is 23.0 Å². The molecular formula is C13H15ClN2O3. The molecule has 19 heavy (non-hydrogen) atoms. The number of aryl methyl sites for hydroxylation is 1. The molecule has 102 valence electrons. The molecule has 0 saturated carbocycles. The van der Waals surface area contributed by atoms with Crippen molar-refractivity contribution in [3.8, 4) is 5.75 Å². The molecule has 5 nitrogen and oxygen atoms in total. The largest absolute Gasteiger partial charge is 0.495 e. The van der Waals surface area contributed by atoms with Crippen LogP contribution in [0.15, 0.2) is 12.1 Å². The first-order chi connectivity index (χ1) is 9.02. The Morgan fingerprint density at radius 2 is 2.11 bits per heavy atom. The summed E-state index contributed by atoms with van der Waals surface area (Å²) in [6, 6.07) is 3.48. The minimum atomic E-state index is -0.161. The fraction of sp³-hybridized carbons (Fsp3) is 0.385. The van der Waals surface area contributed by atoms with Crippen LogP contribution >= 0.6 is 11.6 Å². The van der Waals surface area contributed by atoms with Gasteiger partial charge in [0, 0.05) is 24.1 Å².